The first-order valence-electron chi connectivity index (χ1n) is 7.20. The average molecular weight is 269 g/mol. The summed E-state index contributed by atoms with van der Waals surface area (Å²) in [4.78, 5) is 0. The predicted molar refractivity (Wildman–Crippen MR) is 84.1 cm³/mol. The van der Waals surface area contributed by atoms with Crippen molar-refractivity contribution in [3.63, 3.8) is 0 Å². The van der Waals surface area contributed by atoms with Gasteiger partial charge in [-0.1, -0.05) is 55.5 Å². The van der Waals surface area contributed by atoms with Gasteiger partial charge in [0, 0.05) is 0 Å². The van der Waals surface area contributed by atoms with Crippen LogP contribution in [0, 0.1) is 6.92 Å². The summed E-state index contributed by atoms with van der Waals surface area (Å²) >= 11 is 0. The van der Waals surface area contributed by atoms with Gasteiger partial charge >= 0.3 is 0 Å². The Morgan fingerprint density at radius 3 is 2.25 bits per heavy atom. The molecule has 0 aliphatic rings. The Balaban J connectivity index is 2.20. The Morgan fingerprint density at radius 1 is 1.00 bits per heavy atom. The van der Waals surface area contributed by atoms with Crippen molar-refractivity contribution in [1.82, 2.24) is 5.32 Å². The maximum Gasteiger partial charge on any atom is 0.122 e. The quantitative estimate of drug-likeness (QED) is 0.852. The molecule has 2 aromatic carbocycles. The summed E-state index contributed by atoms with van der Waals surface area (Å²) in [7, 11) is 1.99. The monoisotopic (exact) mass is 269 g/mol. The highest BCUT2D eigenvalue weighted by atomic mass is 16.5. The van der Waals surface area contributed by atoms with E-state index in [1.807, 2.05) is 31.3 Å². The number of para-hydroxylation sites is 1. The van der Waals surface area contributed by atoms with Crippen molar-refractivity contribution in [2.75, 3.05) is 7.05 Å². The first-order chi connectivity index (χ1) is 9.76. The molecule has 2 atom stereocenters. The highest BCUT2D eigenvalue weighted by Crippen LogP contribution is 2.25. The fourth-order valence-electron chi connectivity index (χ4n) is 2.47. The average Bonchev–Trinajstić information content (AvgIpc) is 2.50. The lowest BCUT2D eigenvalue weighted by Crippen LogP contribution is -2.33. The molecule has 106 valence electrons. The van der Waals surface area contributed by atoms with Crippen molar-refractivity contribution in [1.29, 1.82) is 0 Å². The Hall–Kier alpha value is -1.80. The van der Waals surface area contributed by atoms with Crippen LogP contribution in [-0.4, -0.2) is 13.2 Å². The van der Waals surface area contributed by atoms with Gasteiger partial charge in [-0.05, 0) is 37.6 Å². The molecular weight excluding hydrogens is 246 g/mol. The standard InChI is InChI=1S/C18H23NO/c1-4-16(20-17-13-9-8-10-14(17)2)18(19-3)15-11-6-5-7-12-15/h5-13,16,18-19H,4H2,1-3H3. The van der Waals surface area contributed by atoms with Crippen LogP contribution in [0.5, 0.6) is 5.75 Å². The van der Waals surface area contributed by atoms with Crippen LogP contribution >= 0.6 is 0 Å². The molecule has 0 aromatic heterocycles. The van der Waals surface area contributed by atoms with Crippen molar-refractivity contribution in [2.45, 2.75) is 32.4 Å². The highest BCUT2D eigenvalue weighted by molar-refractivity contribution is 5.32. The molecule has 0 radical (unpaired) electrons. The van der Waals surface area contributed by atoms with Gasteiger partial charge in [0.1, 0.15) is 11.9 Å². The Bertz CT molecular complexity index is 524. The molecular formula is C18H23NO. The number of nitrogens with one attached hydrogen (secondary N) is 1. The predicted octanol–water partition coefficient (Wildman–Crippen LogP) is 4.11. The maximum atomic E-state index is 6.24. The zero-order chi connectivity index (χ0) is 14.4. The SMILES string of the molecule is CCC(Oc1ccccc1C)C(NC)c1ccccc1. The van der Waals surface area contributed by atoms with E-state index >= 15 is 0 Å². The van der Waals surface area contributed by atoms with E-state index in [0.29, 0.717) is 0 Å². The molecule has 0 aliphatic carbocycles. The lowest BCUT2D eigenvalue weighted by Gasteiger charge is -2.28. The second-order valence-corrected chi connectivity index (χ2v) is 5.01. The summed E-state index contributed by atoms with van der Waals surface area (Å²) in [6.07, 6.45) is 1.07. The van der Waals surface area contributed by atoms with Crippen molar-refractivity contribution < 1.29 is 4.74 Å². The normalized spacial score (nSPS) is 13.8. The zero-order valence-electron chi connectivity index (χ0n) is 12.5. The number of rotatable bonds is 6. The van der Waals surface area contributed by atoms with Crippen molar-refractivity contribution in [3.8, 4) is 5.75 Å². The molecule has 2 aromatic rings. The number of aryl methyl sites for hydroxylation is 1. The molecule has 0 saturated heterocycles. The Labute approximate surface area is 121 Å². The molecule has 0 bridgehead atoms. The van der Waals surface area contributed by atoms with Crippen molar-refractivity contribution in [2.24, 2.45) is 0 Å². The van der Waals surface area contributed by atoms with Crippen LogP contribution < -0.4 is 10.1 Å². The summed E-state index contributed by atoms with van der Waals surface area (Å²) in [6, 6.07) is 18.8. The van der Waals surface area contributed by atoms with E-state index in [-0.39, 0.29) is 12.1 Å². The molecule has 0 amide bonds. The van der Waals surface area contributed by atoms with Gasteiger partial charge < -0.3 is 10.1 Å². The molecule has 0 saturated carbocycles. The minimum Gasteiger partial charge on any atom is -0.488 e. The number of likely N-dealkylation sites (N-methyl/N-ethyl adjacent to an activating group) is 1. The van der Waals surface area contributed by atoms with Crippen LogP contribution in [0.3, 0.4) is 0 Å². The summed E-state index contributed by atoms with van der Waals surface area (Å²) in [5.74, 6) is 0.968. The molecule has 0 heterocycles. The smallest absolute Gasteiger partial charge is 0.122 e. The fraction of sp³-hybridized carbons (Fsp3) is 0.333. The highest BCUT2D eigenvalue weighted by Gasteiger charge is 2.22. The van der Waals surface area contributed by atoms with Gasteiger partial charge in [-0.15, -0.1) is 0 Å². The third-order valence-corrected chi connectivity index (χ3v) is 3.62. The Morgan fingerprint density at radius 2 is 1.65 bits per heavy atom. The number of hydrogen-bond acceptors (Lipinski definition) is 2. The Kier molecular flexibility index (Phi) is 5.19. The van der Waals surface area contributed by atoms with Crippen LogP contribution in [0.4, 0.5) is 0 Å². The third-order valence-electron chi connectivity index (χ3n) is 3.62. The van der Waals surface area contributed by atoms with Crippen LogP contribution in [0.1, 0.15) is 30.5 Å². The molecule has 2 heteroatoms. The van der Waals surface area contributed by atoms with E-state index in [2.05, 4.69) is 49.5 Å². The van der Waals surface area contributed by atoms with E-state index in [0.717, 1.165) is 12.2 Å². The minimum absolute atomic E-state index is 0.114. The van der Waals surface area contributed by atoms with Gasteiger partial charge in [0.05, 0.1) is 6.04 Å². The van der Waals surface area contributed by atoms with Crippen molar-refractivity contribution in [3.05, 3.63) is 65.7 Å². The molecule has 0 aliphatic heterocycles. The summed E-state index contributed by atoms with van der Waals surface area (Å²) in [6.45, 7) is 4.25. The third kappa shape index (κ3) is 3.40. The molecule has 0 fully saturated rings. The first-order valence-corrected chi connectivity index (χ1v) is 7.20. The first kappa shape index (κ1) is 14.6. The van der Waals surface area contributed by atoms with Gasteiger partial charge in [0.2, 0.25) is 0 Å². The largest absolute Gasteiger partial charge is 0.488 e. The van der Waals surface area contributed by atoms with E-state index in [1.165, 1.54) is 11.1 Å². The van der Waals surface area contributed by atoms with Gasteiger partial charge in [-0.3, -0.25) is 0 Å². The van der Waals surface area contributed by atoms with Crippen LogP contribution in [0.15, 0.2) is 54.6 Å². The van der Waals surface area contributed by atoms with Gasteiger partial charge in [0.25, 0.3) is 0 Å². The molecule has 0 spiro atoms. The number of hydrogen-bond donors (Lipinski definition) is 1. The second kappa shape index (κ2) is 7.11. The number of benzene rings is 2. The van der Waals surface area contributed by atoms with Crippen LogP contribution in [0.2, 0.25) is 0 Å². The second-order valence-electron chi connectivity index (χ2n) is 5.01. The van der Waals surface area contributed by atoms with E-state index < -0.39 is 0 Å². The minimum atomic E-state index is 0.114. The van der Waals surface area contributed by atoms with Crippen LogP contribution in [-0.2, 0) is 0 Å². The summed E-state index contributed by atoms with van der Waals surface area (Å²) < 4.78 is 6.24. The maximum absolute atomic E-state index is 6.24. The topological polar surface area (TPSA) is 21.3 Å². The molecule has 2 rings (SSSR count). The lowest BCUT2D eigenvalue weighted by molar-refractivity contribution is 0.151. The molecule has 2 nitrogen and oxygen atoms in total. The molecule has 20 heavy (non-hydrogen) atoms. The van der Waals surface area contributed by atoms with E-state index in [4.69, 9.17) is 4.74 Å². The zero-order valence-corrected chi connectivity index (χ0v) is 12.5. The van der Waals surface area contributed by atoms with Crippen molar-refractivity contribution >= 4 is 0 Å². The number of ether oxygens (including phenoxy) is 1. The summed E-state index contributed by atoms with van der Waals surface area (Å²) in [5, 5.41) is 3.38. The van der Waals surface area contributed by atoms with Gasteiger partial charge in [-0.2, -0.15) is 0 Å². The van der Waals surface area contributed by atoms with E-state index in [1.54, 1.807) is 0 Å². The lowest BCUT2D eigenvalue weighted by atomic mass is 9.99. The summed E-state index contributed by atoms with van der Waals surface area (Å²) in [5.41, 5.74) is 2.43. The van der Waals surface area contributed by atoms with Crippen LogP contribution in [0.25, 0.3) is 0 Å². The van der Waals surface area contributed by atoms with Gasteiger partial charge in [0.15, 0.2) is 0 Å². The molecule has 1 N–H and O–H groups in total. The fourth-order valence-corrected chi connectivity index (χ4v) is 2.47. The van der Waals surface area contributed by atoms with Gasteiger partial charge in [-0.25, -0.2) is 0 Å². The molecule has 2 unspecified atom stereocenters. The van der Waals surface area contributed by atoms with E-state index in [9.17, 15) is 0 Å².